The van der Waals surface area contributed by atoms with Gasteiger partial charge in [-0.15, -0.1) is 0 Å². The molecule has 1 fully saturated rings. The molecule has 2 heterocycles. The van der Waals surface area contributed by atoms with Crippen LogP contribution < -0.4 is 5.32 Å². The number of halogens is 1. The lowest BCUT2D eigenvalue weighted by Gasteiger charge is -2.32. The second-order valence-corrected chi connectivity index (χ2v) is 5.82. The Labute approximate surface area is 134 Å². The molecule has 2 aromatic rings. The molecule has 1 N–H and O–H groups in total. The van der Waals surface area contributed by atoms with E-state index in [0.717, 1.165) is 18.4 Å². The molecule has 0 spiro atoms. The molecule has 1 aliphatic rings. The first kappa shape index (κ1) is 15.5. The Morgan fingerprint density at radius 3 is 2.61 bits per heavy atom. The highest BCUT2D eigenvalue weighted by atomic mass is 19.1. The number of likely N-dealkylation sites (tertiary alicyclic amines) is 1. The van der Waals surface area contributed by atoms with Crippen molar-refractivity contribution in [1.29, 1.82) is 0 Å². The zero-order chi connectivity index (χ0) is 16.2. The van der Waals surface area contributed by atoms with E-state index in [-0.39, 0.29) is 17.9 Å². The number of nitrogens with zero attached hydrogens (tertiary/aromatic N) is 4. The number of benzene rings is 1. The molecule has 0 bridgehead atoms. The third-order valence-corrected chi connectivity index (χ3v) is 4.27. The molecule has 3 rings (SSSR count). The standard InChI is InChI=1S/C16H20FN5O/c1-12(13-2-4-14(17)5-3-13)20-16(23)21-8-6-15(7-9-21)22-11-18-10-19-22/h2-5,10-12,15H,6-9H2,1H3,(H,20,23)/t12-/m0/s1. The lowest BCUT2D eigenvalue weighted by Crippen LogP contribution is -2.45. The molecule has 1 aliphatic heterocycles. The summed E-state index contributed by atoms with van der Waals surface area (Å²) in [5.74, 6) is -0.275. The van der Waals surface area contributed by atoms with Gasteiger partial charge in [0, 0.05) is 13.1 Å². The van der Waals surface area contributed by atoms with Gasteiger partial charge in [0.05, 0.1) is 12.1 Å². The average Bonchev–Trinajstić information content (AvgIpc) is 3.10. The summed E-state index contributed by atoms with van der Waals surface area (Å²) in [5, 5.41) is 7.13. The van der Waals surface area contributed by atoms with Crippen LogP contribution in [0.2, 0.25) is 0 Å². The minimum absolute atomic E-state index is 0.0844. The maximum atomic E-state index is 12.9. The van der Waals surface area contributed by atoms with E-state index < -0.39 is 0 Å². The van der Waals surface area contributed by atoms with E-state index in [0.29, 0.717) is 19.1 Å². The predicted molar refractivity (Wildman–Crippen MR) is 83.2 cm³/mol. The Morgan fingerprint density at radius 2 is 2.00 bits per heavy atom. The lowest BCUT2D eigenvalue weighted by atomic mass is 10.1. The summed E-state index contributed by atoms with van der Waals surface area (Å²) in [6.07, 6.45) is 4.98. The van der Waals surface area contributed by atoms with Crippen LogP contribution in [0.3, 0.4) is 0 Å². The van der Waals surface area contributed by atoms with E-state index >= 15 is 0 Å². The zero-order valence-electron chi connectivity index (χ0n) is 13.0. The third kappa shape index (κ3) is 3.67. The van der Waals surface area contributed by atoms with Crippen LogP contribution in [0.1, 0.15) is 37.4 Å². The van der Waals surface area contributed by atoms with Crippen molar-refractivity contribution < 1.29 is 9.18 Å². The fourth-order valence-corrected chi connectivity index (χ4v) is 2.85. The van der Waals surface area contributed by atoms with Gasteiger partial charge < -0.3 is 10.2 Å². The minimum atomic E-state index is -0.275. The monoisotopic (exact) mass is 317 g/mol. The van der Waals surface area contributed by atoms with Gasteiger partial charge in [0.25, 0.3) is 0 Å². The third-order valence-electron chi connectivity index (χ3n) is 4.27. The molecule has 0 saturated carbocycles. The minimum Gasteiger partial charge on any atom is -0.331 e. The fraction of sp³-hybridized carbons (Fsp3) is 0.438. The van der Waals surface area contributed by atoms with Crippen molar-refractivity contribution in [2.24, 2.45) is 0 Å². The van der Waals surface area contributed by atoms with E-state index in [1.807, 2.05) is 16.5 Å². The Hall–Kier alpha value is -2.44. The molecular formula is C16H20FN5O. The first-order chi connectivity index (χ1) is 11.1. The first-order valence-corrected chi connectivity index (χ1v) is 7.78. The van der Waals surface area contributed by atoms with Gasteiger partial charge in [-0.05, 0) is 37.5 Å². The SMILES string of the molecule is C[C@H](NC(=O)N1CCC(n2cncn2)CC1)c1ccc(F)cc1. The molecule has 122 valence electrons. The lowest BCUT2D eigenvalue weighted by molar-refractivity contribution is 0.166. The molecule has 1 aromatic carbocycles. The summed E-state index contributed by atoms with van der Waals surface area (Å²) in [5.41, 5.74) is 0.886. The number of nitrogens with one attached hydrogen (secondary N) is 1. The van der Waals surface area contributed by atoms with Gasteiger partial charge in [-0.3, -0.25) is 0 Å². The molecule has 1 atom stereocenters. The van der Waals surface area contributed by atoms with Crippen molar-refractivity contribution in [3.05, 3.63) is 48.3 Å². The van der Waals surface area contributed by atoms with Crippen LogP contribution in [-0.4, -0.2) is 38.8 Å². The molecular weight excluding hydrogens is 297 g/mol. The zero-order valence-corrected chi connectivity index (χ0v) is 13.0. The van der Waals surface area contributed by atoms with Crippen molar-refractivity contribution in [3.8, 4) is 0 Å². The van der Waals surface area contributed by atoms with Gasteiger partial charge in [-0.2, -0.15) is 5.10 Å². The largest absolute Gasteiger partial charge is 0.331 e. The van der Waals surface area contributed by atoms with Crippen LogP contribution in [0.5, 0.6) is 0 Å². The Bertz CT molecular complexity index is 635. The van der Waals surface area contributed by atoms with Gasteiger partial charge >= 0.3 is 6.03 Å². The number of amides is 2. The van der Waals surface area contributed by atoms with Crippen molar-refractivity contribution in [2.45, 2.75) is 31.8 Å². The van der Waals surface area contributed by atoms with Crippen molar-refractivity contribution in [3.63, 3.8) is 0 Å². The van der Waals surface area contributed by atoms with E-state index in [2.05, 4.69) is 15.4 Å². The summed E-state index contributed by atoms with van der Waals surface area (Å²) in [7, 11) is 0. The quantitative estimate of drug-likeness (QED) is 0.946. The van der Waals surface area contributed by atoms with E-state index in [4.69, 9.17) is 0 Å². The van der Waals surface area contributed by atoms with Crippen LogP contribution in [0.15, 0.2) is 36.9 Å². The number of piperidine rings is 1. The highest BCUT2D eigenvalue weighted by molar-refractivity contribution is 5.74. The van der Waals surface area contributed by atoms with Crippen molar-refractivity contribution in [2.75, 3.05) is 13.1 Å². The first-order valence-electron chi connectivity index (χ1n) is 7.78. The number of hydrogen-bond acceptors (Lipinski definition) is 3. The molecule has 1 saturated heterocycles. The molecule has 1 aromatic heterocycles. The Morgan fingerprint density at radius 1 is 1.30 bits per heavy atom. The summed E-state index contributed by atoms with van der Waals surface area (Å²) in [6, 6.07) is 6.25. The summed E-state index contributed by atoms with van der Waals surface area (Å²) in [4.78, 5) is 18.1. The maximum Gasteiger partial charge on any atom is 0.317 e. The van der Waals surface area contributed by atoms with Gasteiger partial charge in [-0.1, -0.05) is 12.1 Å². The van der Waals surface area contributed by atoms with Crippen LogP contribution in [0, 0.1) is 5.82 Å². The van der Waals surface area contributed by atoms with E-state index in [9.17, 15) is 9.18 Å². The fourth-order valence-electron chi connectivity index (χ4n) is 2.85. The highest BCUT2D eigenvalue weighted by Gasteiger charge is 2.25. The molecule has 7 heteroatoms. The number of urea groups is 1. The summed E-state index contributed by atoms with van der Waals surface area (Å²) < 4.78 is 14.8. The topological polar surface area (TPSA) is 63.1 Å². The number of aromatic nitrogens is 3. The van der Waals surface area contributed by atoms with Gasteiger partial charge in [0.1, 0.15) is 18.5 Å². The van der Waals surface area contributed by atoms with Crippen molar-refractivity contribution >= 4 is 6.03 Å². The highest BCUT2D eigenvalue weighted by Crippen LogP contribution is 2.21. The van der Waals surface area contributed by atoms with Crippen LogP contribution in [-0.2, 0) is 0 Å². The molecule has 23 heavy (non-hydrogen) atoms. The number of carbonyl (C=O) groups is 1. The summed E-state index contributed by atoms with van der Waals surface area (Å²) in [6.45, 7) is 3.27. The summed E-state index contributed by atoms with van der Waals surface area (Å²) >= 11 is 0. The van der Waals surface area contributed by atoms with Crippen LogP contribution in [0.4, 0.5) is 9.18 Å². The second-order valence-electron chi connectivity index (χ2n) is 5.82. The molecule has 6 nitrogen and oxygen atoms in total. The average molecular weight is 317 g/mol. The van der Waals surface area contributed by atoms with Crippen molar-refractivity contribution in [1.82, 2.24) is 25.0 Å². The van der Waals surface area contributed by atoms with E-state index in [1.165, 1.54) is 18.5 Å². The Kier molecular flexibility index (Phi) is 4.55. The number of carbonyl (C=O) groups excluding carboxylic acids is 1. The van der Waals surface area contributed by atoms with Crippen LogP contribution in [0.25, 0.3) is 0 Å². The predicted octanol–water partition coefficient (Wildman–Crippen LogP) is 2.52. The molecule has 0 aliphatic carbocycles. The molecule has 2 amide bonds. The second kappa shape index (κ2) is 6.76. The Balaban J connectivity index is 1.52. The normalized spacial score (nSPS) is 17.0. The van der Waals surface area contributed by atoms with Gasteiger partial charge in [0.2, 0.25) is 0 Å². The van der Waals surface area contributed by atoms with Crippen LogP contribution >= 0.6 is 0 Å². The number of rotatable bonds is 3. The van der Waals surface area contributed by atoms with Gasteiger partial charge in [0.15, 0.2) is 0 Å². The maximum absolute atomic E-state index is 12.9. The smallest absolute Gasteiger partial charge is 0.317 e. The molecule has 0 unspecified atom stereocenters. The number of hydrogen-bond donors (Lipinski definition) is 1. The van der Waals surface area contributed by atoms with E-state index in [1.54, 1.807) is 18.5 Å². The molecule has 0 radical (unpaired) electrons. The van der Waals surface area contributed by atoms with Gasteiger partial charge in [-0.25, -0.2) is 18.9 Å².